The molecule has 0 amide bonds. The molecule has 1 aliphatic heterocycles. The van der Waals surface area contributed by atoms with Crippen LogP contribution in [0.4, 0.5) is 4.39 Å². The first-order valence-electron chi connectivity index (χ1n) is 11.8. The predicted molar refractivity (Wildman–Crippen MR) is 115 cm³/mol. The van der Waals surface area contributed by atoms with Crippen LogP contribution in [0.3, 0.4) is 0 Å². The monoisotopic (exact) mass is 389 g/mol. The maximum Gasteiger partial charge on any atom is 0.123 e. The Morgan fingerprint density at radius 1 is 0.821 bits per heavy atom. The highest BCUT2D eigenvalue weighted by molar-refractivity contribution is 5.19. The Hall–Kier alpha value is -0.930. The summed E-state index contributed by atoms with van der Waals surface area (Å²) >= 11 is 0. The smallest absolute Gasteiger partial charge is 0.123 e. The second-order valence-electron chi connectivity index (χ2n) is 9.33. The molecule has 2 fully saturated rings. The lowest BCUT2D eigenvalue weighted by Gasteiger charge is -2.41. The summed E-state index contributed by atoms with van der Waals surface area (Å²) in [6.45, 7) is 3.39. The molecule has 1 N–H and O–H groups in total. The Kier molecular flexibility index (Phi) is 8.79. The van der Waals surface area contributed by atoms with Gasteiger partial charge in [-0.3, -0.25) is 0 Å². The van der Waals surface area contributed by atoms with Gasteiger partial charge in [-0.2, -0.15) is 0 Å². The highest BCUT2D eigenvalue weighted by Gasteiger charge is 2.37. The molecular formula is C25H40FNO. The average molecular weight is 390 g/mol. The molecular weight excluding hydrogens is 349 g/mol. The molecule has 2 unspecified atom stereocenters. The zero-order valence-electron chi connectivity index (χ0n) is 17.7. The number of benzene rings is 1. The van der Waals surface area contributed by atoms with Crippen LogP contribution in [-0.4, -0.2) is 35.2 Å². The third-order valence-electron chi connectivity index (χ3n) is 7.02. The molecule has 1 aromatic rings. The van der Waals surface area contributed by atoms with E-state index in [1.165, 1.54) is 89.4 Å². The van der Waals surface area contributed by atoms with Gasteiger partial charge >= 0.3 is 0 Å². The van der Waals surface area contributed by atoms with Crippen molar-refractivity contribution in [1.29, 1.82) is 0 Å². The van der Waals surface area contributed by atoms with Gasteiger partial charge in [0.05, 0.1) is 5.60 Å². The molecule has 0 bridgehead atoms. The normalized spacial score (nSPS) is 29.0. The number of likely N-dealkylation sites (tertiary alicyclic amines) is 1. The molecule has 158 valence electrons. The molecule has 1 saturated heterocycles. The number of hydrogen-bond acceptors (Lipinski definition) is 2. The molecule has 2 nitrogen and oxygen atoms in total. The van der Waals surface area contributed by atoms with Gasteiger partial charge in [0.1, 0.15) is 5.82 Å². The molecule has 1 aliphatic carbocycles. The first kappa shape index (κ1) is 21.8. The standard InChI is InChI=1S/C25H40FNO/c26-24-15-13-22(14-16-24)20-25(28)17-9-6-4-2-1-3-5-8-12-23(25)21-27-18-10-7-11-19-27/h13-16,23,28H,1-12,17-21H2. The Labute approximate surface area is 171 Å². The maximum absolute atomic E-state index is 13.4. The molecule has 0 aromatic heterocycles. The van der Waals surface area contributed by atoms with Gasteiger partial charge in [-0.1, -0.05) is 69.9 Å². The Bertz CT molecular complexity index is 554. The van der Waals surface area contributed by atoms with Crippen LogP contribution in [0.2, 0.25) is 0 Å². The Morgan fingerprint density at radius 2 is 1.39 bits per heavy atom. The van der Waals surface area contributed by atoms with Crippen LogP contribution in [-0.2, 0) is 6.42 Å². The molecule has 3 heteroatoms. The first-order valence-corrected chi connectivity index (χ1v) is 11.8. The molecule has 3 rings (SSSR count). The van der Waals surface area contributed by atoms with Crippen LogP contribution in [0.1, 0.15) is 89.0 Å². The van der Waals surface area contributed by atoms with Crippen molar-refractivity contribution in [2.75, 3.05) is 19.6 Å². The summed E-state index contributed by atoms with van der Waals surface area (Å²) in [6.07, 6.45) is 16.8. The van der Waals surface area contributed by atoms with Gasteiger partial charge in [-0.25, -0.2) is 4.39 Å². The average Bonchev–Trinajstić information content (AvgIpc) is 2.70. The summed E-state index contributed by atoms with van der Waals surface area (Å²) in [7, 11) is 0. The number of halogens is 1. The molecule has 0 radical (unpaired) electrons. The third-order valence-corrected chi connectivity index (χ3v) is 7.02. The molecule has 2 atom stereocenters. The highest BCUT2D eigenvalue weighted by Crippen LogP contribution is 2.34. The molecule has 0 spiro atoms. The van der Waals surface area contributed by atoms with Gasteiger partial charge in [-0.15, -0.1) is 0 Å². The number of nitrogens with zero attached hydrogens (tertiary/aromatic N) is 1. The minimum absolute atomic E-state index is 0.195. The van der Waals surface area contributed by atoms with Crippen molar-refractivity contribution in [3.63, 3.8) is 0 Å². The van der Waals surface area contributed by atoms with Gasteiger partial charge in [0.15, 0.2) is 0 Å². The van der Waals surface area contributed by atoms with Gasteiger partial charge in [0, 0.05) is 18.9 Å². The Morgan fingerprint density at radius 3 is 2.07 bits per heavy atom. The van der Waals surface area contributed by atoms with Crippen molar-refractivity contribution < 1.29 is 9.50 Å². The van der Waals surface area contributed by atoms with Crippen LogP contribution in [0.15, 0.2) is 24.3 Å². The Balaban J connectivity index is 1.75. The van der Waals surface area contributed by atoms with E-state index in [0.717, 1.165) is 31.4 Å². The first-order chi connectivity index (χ1) is 13.7. The van der Waals surface area contributed by atoms with Crippen molar-refractivity contribution >= 4 is 0 Å². The van der Waals surface area contributed by atoms with Crippen LogP contribution >= 0.6 is 0 Å². The molecule has 1 aromatic carbocycles. The van der Waals surface area contributed by atoms with Gasteiger partial charge in [0.25, 0.3) is 0 Å². The SMILES string of the molecule is OC1(Cc2ccc(F)cc2)CCCCCCCCCCC1CN1CCCCC1. The van der Waals surface area contributed by atoms with Crippen molar-refractivity contribution in [2.45, 2.75) is 95.5 Å². The fraction of sp³-hybridized carbons (Fsp3) is 0.760. The summed E-state index contributed by atoms with van der Waals surface area (Å²) in [5.74, 6) is 0.120. The number of rotatable bonds is 4. The third kappa shape index (κ3) is 6.84. The number of aliphatic hydroxyl groups is 1. The van der Waals surface area contributed by atoms with E-state index in [1.54, 1.807) is 0 Å². The largest absolute Gasteiger partial charge is 0.389 e. The maximum atomic E-state index is 13.4. The van der Waals surface area contributed by atoms with Crippen molar-refractivity contribution in [3.8, 4) is 0 Å². The summed E-state index contributed by atoms with van der Waals surface area (Å²) in [5, 5.41) is 11.9. The number of piperidine rings is 1. The second-order valence-corrected chi connectivity index (χ2v) is 9.33. The highest BCUT2D eigenvalue weighted by atomic mass is 19.1. The van der Waals surface area contributed by atoms with Crippen LogP contribution in [0.5, 0.6) is 0 Å². The zero-order chi connectivity index (χ0) is 19.7. The van der Waals surface area contributed by atoms with E-state index in [2.05, 4.69) is 4.90 Å². The van der Waals surface area contributed by atoms with Gasteiger partial charge in [0.2, 0.25) is 0 Å². The lowest BCUT2D eigenvalue weighted by atomic mass is 9.75. The number of hydrogen-bond donors (Lipinski definition) is 1. The van der Waals surface area contributed by atoms with Gasteiger partial charge < -0.3 is 10.0 Å². The van der Waals surface area contributed by atoms with E-state index >= 15 is 0 Å². The van der Waals surface area contributed by atoms with Gasteiger partial charge in [-0.05, 0) is 56.5 Å². The minimum atomic E-state index is -0.672. The topological polar surface area (TPSA) is 23.5 Å². The van der Waals surface area contributed by atoms with Crippen molar-refractivity contribution in [2.24, 2.45) is 5.92 Å². The van der Waals surface area contributed by atoms with E-state index in [9.17, 15) is 9.50 Å². The fourth-order valence-corrected chi connectivity index (χ4v) is 5.26. The van der Waals surface area contributed by atoms with Crippen molar-refractivity contribution in [1.82, 2.24) is 4.90 Å². The summed E-state index contributed by atoms with van der Waals surface area (Å²) in [6, 6.07) is 6.80. The molecule has 1 saturated carbocycles. The lowest BCUT2D eigenvalue weighted by molar-refractivity contribution is -0.0462. The van der Waals surface area contributed by atoms with Crippen LogP contribution in [0.25, 0.3) is 0 Å². The molecule has 28 heavy (non-hydrogen) atoms. The predicted octanol–water partition coefficient (Wildman–Crippen LogP) is 6.12. The molecule has 1 heterocycles. The fourth-order valence-electron chi connectivity index (χ4n) is 5.26. The molecule has 2 aliphatic rings. The van der Waals surface area contributed by atoms with Crippen LogP contribution in [0, 0.1) is 11.7 Å². The second kappa shape index (κ2) is 11.3. The summed E-state index contributed by atoms with van der Waals surface area (Å²) in [5.41, 5.74) is 0.397. The van der Waals surface area contributed by atoms with Crippen LogP contribution < -0.4 is 0 Å². The van der Waals surface area contributed by atoms with E-state index in [-0.39, 0.29) is 5.82 Å². The summed E-state index contributed by atoms with van der Waals surface area (Å²) < 4.78 is 13.4. The van der Waals surface area contributed by atoms with E-state index < -0.39 is 5.60 Å². The van der Waals surface area contributed by atoms with E-state index in [1.807, 2.05) is 12.1 Å². The lowest BCUT2D eigenvalue weighted by Crippen LogP contribution is -2.47. The zero-order valence-corrected chi connectivity index (χ0v) is 17.7. The van der Waals surface area contributed by atoms with E-state index in [4.69, 9.17) is 0 Å². The quantitative estimate of drug-likeness (QED) is 0.671. The van der Waals surface area contributed by atoms with E-state index in [0.29, 0.717) is 12.3 Å². The minimum Gasteiger partial charge on any atom is -0.389 e. The summed E-state index contributed by atoms with van der Waals surface area (Å²) in [4.78, 5) is 2.59. The van der Waals surface area contributed by atoms with Crippen molar-refractivity contribution in [3.05, 3.63) is 35.6 Å².